The standard InChI is InChI=1S/C13H21NO4/c1-12(2,3)18-11(17)14-13(10(15)16)7-8-4-5-9(13)6-8/h8-9H,4-7H2,1-3H3,(H,14,17)(H,15,16). The Morgan fingerprint density at radius 2 is 2.00 bits per heavy atom. The van der Waals surface area contributed by atoms with Crippen LogP contribution in [0.3, 0.4) is 0 Å². The lowest BCUT2D eigenvalue weighted by Gasteiger charge is -2.35. The molecule has 102 valence electrons. The number of carboxylic acids is 1. The molecule has 0 aromatic carbocycles. The van der Waals surface area contributed by atoms with Crippen LogP contribution in [0.4, 0.5) is 4.79 Å². The van der Waals surface area contributed by atoms with Gasteiger partial charge < -0.3 is 15.2 Å². The molecule has 0 heterocycles. The van der Waals surface area contributed by atoms with Crippen LogP contribution in [0.2, 0.25) is 0 Å². The average Bonchev–Trinajstić information content (AvgIpc) is 2.73. The quantitative estimate of drug-likeness (QED) is 0.792. The minimum Gasteiger partial charge on any atom is -0.479 e. The van der Waals surface area contributed by atoms with Crippen molar-refractivity contribution in [2.75, 3.05) is 0 Å². The van der Waals surface area contributed by atoms with Crippen molar-refractivity contribution in [3.8, 4) is 0 Å². The fourth-order valence-corrected chi connectivity index (χ4v) is 3.28. The number of rotatable bonds is 2. The van der Waals surface area contributed by atoms with Crippen molar-refractivity contribution in [1.29, 1.82) is 0 Å². The number of hydrogen-bond acceptors (Lipinski definition) is 3. The van der Waals surface area contributed by atoms with Crippen LogP contribution < -0.4 is 5.32 Å². The Labute approximate surface area is 107 Å². The first-order valence-electron chi connectivity index (χ1n) is 6.47. The summed E-state index contributed by atoms with van der Waals surface area (Å²) in [5, 5.41) is 12.1. The molecule has 0 saturated heterocycles. The topological polar surface area (TPSA) is 75.6 Å². The van der Waals surface area contributed by atoms with Crippen LogP contribution in [-0.4, -0.2) is 28.3 Å². The van der Waals surface area contributed by atoms with Crippen molar-refractivity contribution in [3.63, 3.8) is 0 Å². The van der Waals surface area contributed by atoms with E-state index in [1.54, 1.807) is 20.8 Å². The monoisotopic (exact) mass is 255 g/mol. The first-order valence-corrected chi connectivity index (χ1v) is 6.47. The molecule has 2 bridgehead atoms. The van der Waals surface area contributed by atoms with Crippen LogP contribution in [0.15, 0.2) is 0 Å². The van der Waals surface area contributed by atoms with Gasteiger partial charge in [0.05, 0.1) is 0 Å². The van der Waals surface area contributed by atoms with Gasteiger partial charge in [-0.2, -0.15) is 0 Å². The van der Waals surface area contributed by atoms with E-state index in [4.69, 9.17) is 4.74 Å². The molecule has 1 amide bonds. The van der Waals surface area contributed by atoms with Crippen LogP contribution in [0.5, 0.6) is 0 Å². The molecular weight excluding hydrogens is 234 g/mol. The lowest BCUT2D eigenvalue weighted by Crippen LogP contribution is -2.58. The van der Waals surface area contributed by atoms with Gasteiger partial charge in [0.15, 0.2) is 0 Å². The van der Waals surface area contributed by atoms with Gasteiger partial charge in [0.1, 0.15) is 11.1 Å². The minimum atomic E-state index is -1.11. The summed E-state index contributed by atoms with van der Waals surface area (Å²) >= 11 is 0. The van der Waals surface area contributed by atoms with Gasteiger partial charge in [-0.1, -0.05) is 0 Å². The number of nitrogens with one attached hydrogen (secondary N) is 1. The number of carboxylic acid groups (broad SMARTS) is 1. The molecule has 2 saturated carbocycles. The summed E-state index contributed by atoms with van der Waals surface area (Å²) in [6, 6.07) is 0. The molecule has 0 aromatic heterocycles. The van der Waals surface area contributed by atoms with Crippen molar-refractivity contribution in [2.45, 2.75) is 57.6 Å². The van der Waals surface area contributed by atoms with Gasteiger partial charge in [-0.15, -0.1) is 0 Å². The van der Waals surface area contributed by atoms with E-state index in [1.165, 1.54) is 0 Å². The van der Waals surface area contributed by atoms with E-state index >= 15 is 0 Å². The summed E-state index contributed by atoms with van der Waals surface area (Å²) < 4.78 is 5.17. The molecule has 2 fully saturated rings. The molecule has 2 aliphatic carbocycles. The van der Waals surface area contributed by atoms with E-state index < -0.39 is 23.2 Å². The summed E-state index contributed by atoms with van der Waals surface area (Å²) in [6.45, 7) is 5.29. The first-order chi connectivity index (χ1) is 8.23. The summed E-state index contributed by atoms with van der Waals surface area (Å²) in [6.07, 6.45) is 2.77. The Morgan fingerprint density at radius 3 is 2.39 bits per heavy atom. The number of carbonyl (C=O) groups excluding carboxylic acids is 1. The predicted molar refractivity (Wildman–Crippen MR) is 65.2 cm³/mol. The van der Waals surface area contributed by atoms with Gasteiger partial charge in [0.2, 0.25) is 0 Å². The highest BCUT2D eigenvalue weighted by Gasteiger charge is 2.57. The van der Waals surface area contributed by atoms with Crippen molar-refractivity contribution in [1.82, 2.24) is 5.32 Å². The smallest absolute Gasteiger partial charge is 0.408 e. The third-order valence-corrected chi connectivity index (χ3v) is 3.95. The van der Waals surface area contributed by atoms with Crippen LogP contribution in [0.1, 0.15) is 46.5 Å². The van der Waals surface area contributed by atoms with Crippen molar-refractivity contribution < 1.29 is 19.4 Å². The van der Waals surface area contributed by atoms with E-state index in [2.05, 4.69) is 5.32 Å². The van der Waals surface area contributed by atoms with Crippen LogP contribution in [0.25, 0.3) is 0 Å². The maximum atomic E-state index is 11.8. The molecular formula is C13H21NO4. The van der Waals surface area contributed by atoms with Crippen molar-refractivity contribution >= 4 is 12.1 Å². The molecule has 0 aromatic rings. The second-order valence-corrected chi connectivity index (χ2v) is 6.48. The fraction of sp³-hybridized carbons (Fsp3) is 0.846. The second-order valence-electron chi connectivity index (χ2n) is 6.48. The van der Waals surface area contributed by atoms with E-state index in [-0.39, 0.29) is 5.92 Å². The number of carbonyl (C=O) groups is 2. The van der Waals surface area contributed by atoms with E-state index in [0.29, 0.717) is 12.3 Å². The van der Waals surface area contributed by atoms with E-state index in [1.807, 2.05) is 0 Å². The zero-order valence-corrected chi connectivity index (χ0v) is 11.2. The lowest BCUT2D eigenvalue weighted by molar-refractivity contribution is -0.147. The zero-order valence-electron chi connectivity index (χ0n) is 11.2. The Hall–Kier alpha value is -1.26. The summed E-state index contributed by atoms with van der Waals surface area (Å²) in [5.41, 5.74) is -1.72. The average molecular weight is 255 g/mol. The fourth-order valence-electron chi connectivity index (χ4n) is 3.28. The number of amides is 1. The molecule has 0 radical (unpaired) electrons. The molecule has 5 heteroatoms. The highest BCUT2D eigenvalue weighted by molar-refractivity contribution is 5.85. The molecule has 0 aliphatic heterocycles. The number of fused-ring (bicyclic) bond motifs is 2. The van der Waals surface area contributed by atoms with E-state index in [0.717, 1.165) is 19.3 Å². The summed E-state index contributed by atoms with van der Waals surface area (Å²) in [4.78, 5) is 23.3. The van der Waals surface area contributed by atoms with Gasteiger partial charge in [-0.25, -0.2) is 9.59 Å². The summed E-state index contributed by atoms with van der Waals surface area (Å²) in [7, 11) is 0. The van der Waals surface area contributed by atoms with Gasteiger partial charge in [-0.3, -0.25) is 0 Å². The predicted octanol–water partition coefficient (Wildman–Crippen LogP) is 2.15. The third kappa shape index (κ3) is 2.31. The molecule has 5 nitrogen and oxygen atoms in total. The maximum Gasteiger partial charge on any atom is 0.408 e. The molecule has 3 unspecified atom stereocenters. The van der Waals surface area contributed by atoms with Crippen molar-refractivity contribution in [2.24, 2.45) is 11.8 Å². The second kappa shape index (κ2) is 4.14. The molecule has 2 aliphatic rings. The van der Waals surface area contributed by atoms with Crippen LogP contribution in [0, 0.1) is 11.8 Å². The van der Waals surface area contributed by atoms with Crippen LogP contribution >= 0.6 is 0 Å². The van der Waals surface area contributed by atoms with Crippen LogP contribution in [-0.2, 0) is 9.53 Å². The van der Waals surface area contributed by atoms with Gasteiger partial charge in [-0.05, 0) is 58.3 Å². The van der Waals surface area contributed by atoms with Gasteiger partial charge in [0.25, 0.3) is 0 Å². The third-order valence-electron chi connectivity index (χ3n) is 3.95. The molecule has 2 rings (SSSR count). The van der Waals surface area contributed by atoms with Crippen molar-refractivity contribution in [3.05, 3.63) is 0 Å². The van der Waals surface area contributed by atoms with Gasteiger partial charge >= 0.3 is 12.1 Å². The molecule has 3 atom stereocenters. The first kappa shape index (κ1) is 13.2. The number of alkyl carbamates (subject to hydrolysis) is 1. The van der Waals surface area contributed by atoms with Gasteiger partial charge in [0, 0.05) is 0 Å². The normalized spacial score (nSPS) is 34.4. The zero-order chi connectivity index (χ0) is 13.6. The Kier molecular flexibility index (Phi) is 3.03. The molecule has 0 spiro atoms. The molecule has 18 heavy (non-hydrogen) atoms. The van der Waals surface area contributed by atoms with E-state index in [9.17, 15) is 14.7 Å². The number of hydrogen-bond donors (Lipinski definition) is 2. The Balaban J connectivity index is 2.09. The highest BCUT2D eigenvalue weighted by Crippen LogP contribution is 2.50. The maximum absolute atomic E-state index is 11.8. The highest BCUT2D eigenvalue weighted by atomic mass is 16.6. The summed E-state index contributed by atoms with van der Waals surface area (Å²) in [5.74, 6) is -0.450. The number of ether oxygens (including phenoxy) is 1. The number of aliphatic carboxylic acids is 1. The largest absolute Gasteiger partial charge is 0.479 e. The SMILES string of the molecule is CC(C)(C)OC(=O)NC1(C(=O)O)CC2CCC1C2. The Bertz CT molecular complexity index is 374. The minimum absolute atomic E-state index is 0.0486. The Morgan fingerprint density at radius 1 is 1.33 bits per heavy atom. The lowest BCUT2D eigenvalue weighted by atomic mass is 9.81. The molecule has 2 N–H and O–H groups in total.